The van der Waals surface area contributed by atoms with Crippen molar-refractivity contribution >= 4 is 34.8 Å². The van der Waals surface area contributed by atoms with Gasteiger partial charge in [0.1, 0.15) is 5.82 Å². The summed E-state index contributed by atoms with van der Waals surface area (Å²) in [7, 11) is 0. The van der Waals surface area contributed by atoms with Gasteiger partial charge in [0.2, 0.25) is 0 Å². The van der Waals surface area contributed by atoms with E-state index in [1.165, 1.54) is 18.2 Å². The zero-order valence-corrected chi connectivity index (χ0v) is 16.5. The van der Waals surface area contributed by atoms with Crippen molar-refractivity contribution in [2.45, 2.75) is 11.1 Å². The molecule has 1 aliphatic rings. The second kappa shape index (κ2) is 8.03. The fraction of sp³-hybridized carbons (Fsp3) is 0.0435. The van der Waals surface area contributed by atoms with Gasteiger partial charge in [0.15, 0.2) is 0 Å². The van der Waals surface area contributed by atoms with Gasteiger partial charge in [-0.3, -0.25) is 9.59 Å². The Morgan fingerprint density at radius 3 is 2.10 bits per heavy atom. The quantitative estimate of drug-likeness (QED) is 0.371. The number of benzene rings is 3. The lowest BCUT2D eigenvalue weighted by Gasteiger charge is -2.17. The molecule has 0 saturated heterocycles. The number of carbonyl (C=O) groups is 2. The third-order valence-electron chi connectivity index (χ3n) is 4.57. The third-order valence-corrected chi connectivity index (χ3v) is 5.66. The van der Waals surface area contributed by atoms with Gasteiger partial charge in [-0.05, 0) is 48.0 Å². The summed E-state index contributed by atoms with van der Waals surface area (Å²) in [5, 5.41) is 0. The van der Waals surface area contributed by atoms with Crippen molar-refractivity contribution in [3.63, 3.8) is 0 Å². The smallest absolute Gasteiger partial charge is 0.268 e. The molecule has 156 valence electrons. The lowest BCUT2D eigenvalue weighted by molar-refractivity contribution is -0.137. The highest BCUT2D eigenvalue weighted by Gasteiger charge is 2.41. The molecule has 1 heterocycles. The van der Waals surface area contributed by atoms with Crippen molar-refractivity contribution in [3.05, 3.63) is 101 Å². The van der Waals surface area contributed by atoms with Crippen LogP contribution in [-0.2, 0) is 15.8 Å². The molecule has 0 saturated carbocycles. The molecule has 0 radical (unpaired) electrons. The second-order valence-corrected chi connectivity index (χ2v) is 7.70. The number of imide groups is 1. The van der Waals surface area contributed by atoms with Crippen LogP contribution >= 0.6 is 11.8 Å². The molecular formula is C23H13F4NO2S. The van der Waals surface area contributed by atoms with Gasteiger partial charge in [-0.2, -0.15) is 13.2 Å². The molecule has 0 N–H and O–H groups in total. The SMILES string of the molecule is O=C1C(Sc2ccccc2)=C(c2ccc(F)cc2)C(=O)N1c1cccc(C(F)(F)F)c1. The van der Waals surface area contributed by atoms with Crippen LogP contribution in [0.1, 0.15) is 11.1 Å². The lowest BCUT2D eigenvalue weighted by atomic mass is 10.1. The summed E-state index contributed by atoms with van der Waals surface area (Å²) in [6, 6.07) is 17.8. The number of hydrogen-bond acceptors (Lipinski definition) is 3. The lowest BCUT2D eigenvalue weighted by Crippen LogP contribution is -2.31. The van der Waals surface area contributed by atoms with Crippen LogP contribution in [0, 0.1) is 5.82 Å². The van der Waals surface area contributed by atoms with E-state index in [2.05, 4.69) is 0 Å². The van der Waals surface area contributed by atoms with Crippen LogP contribution in [0.2, 0.25) is 0 Å². The molecule has 4 rings (SSSR count). The van der Waals surface area contributed by atoms with Crippen molar-refractivity contribution < 1.29 is 27.2 Å². The topological polar surface area (TPSA) is 37.4 Å². The van der Waals surface area contributed by atoms with E-state index in [-0.39, 0.29) is 16.2 Å². The molecule has 0 fully saturated rings. The molecule has 2 amide bonds. The third kappa shape index (κ3) is 4.11. The van der Waals surface area contributed by atoms with Gasteiger partial charge in [-0.25, -0.2) is 9.29 Å². The summed E-state index contributed by atoms with van der Waals surface area (Å²) in [6.45, 7) is 0. The Bertz CT molecular complexity index is 1190. The van der Waals surface area contributed by atoms with Crippen molar-refractivity contribution in [3.8, 4) is 0 Å². The normalized spacial score (nSPS) is 14.5. The molecule has 8 heteroatoms. The number of carbonyl (C=O) groups excluding carboxylic acids is 2. The standard InChI is InChI=1S/C23H13F4NO2S/c24-16-11-9-14(10-12-16)19-20(31-18-7-2-1-3-8-18)22(30)28(21(19)29)17-6-4-5-15(13-17)23(25,26)27/h1-13H. The highest BCUT2D eigenvalue weighted by Crippen LogP contribution is 2.42. The Hall–Kier alpha value is -3.39. The Morgan fingerprint density at radius 2 is 1.45 bits per heavy atom. The van der Waals surface area contributed by atoms with Gasteiger partial charge in [0.05, 0.1) is 21.7 Å². The first kappa shape index (κ1) is 20.9. The van der Waals surface area contributed by atoms with Crippen LogP contribution in [0.3, 0.4) is 0 Å². The van der Waals surface area contributed by atoms with Crippen molar-refractivity contribution in [1.29, 1.82) is 0 Å². The molecule has 1 aliphatic heterocycles. The minimum atomic E-state index is -4.63. The molecule has 0 spiro atoms. The minimum absolute atomic E-state index is 0.0104. The Kier molecular flexibility index (Phi) is 5.41. The van der Waals surface area contributed by atoms with Crippen LogP contribution in [0.5, 0.6) is 0 Å². The van der Waals surface area contributed by atoms with Crippen LogP contribution in [0.15, 0.2) is 88.7 Å². The molecule has 31 heavy (non-hydrogen) atoms. The van der Waals surface area contributed by atoms with Crippen LogP contribution < -0.4 is 4.90 Å². The van der Waals surface area contributed by atoms with E-state index in [0.29, 0.717) is 10.5 Å². The summed E-state index contributed by atoms with van der Waals surface area (Å²) in [4.78, 5) is 27.9. The van der Waals surface area contributed by atoms with Crippen LogP contribution in [0.25, 0.3) is 5.57 Å². The monoisotopic (exact) mass is 443 g/mol. The molecule has 0 aliphatic carbocycles. The van der Waals surface area contributed by atoms with Gasteiger partial charge in [-0.1, -0.05) is 48.2 Å². The molecule has 3 aromatic carbocycles. The predicted molar refractivity (Wildman–Crippen MR) is 110 cm³/mol. The number of anilines is 1. The first-order valence-corrected chi connectivity index (χ1v) is 9.86. The van der Waals surface area contributed by atoms with Gasteiger partial charge < -0.3 is 0 Å². The van der Waals surface area contributed by atoms with Gasteiger partial charge in [0, 0.05) is 4.90 Å². The van der Waals surface area contributed by atoms with Crippen molar-refractivity contribution in [1.82, 2.24) is 0 Å². The zero-order chi connectivity index (χ0) is 22.2. The van der Waals surface area contributed by atoms with Gasteiger partial charge in [0.25, 0.3) is 11.8 Å². The maximum absolute atomic E-state index is 13.4. The van der Waals surface area contributed by atoms with E-state index < -0.39 is 29.4 Å². The molecule has 0 bridgehead atoms. The molecule has 0 unspecified atom stereocenters. The minimum Gasteiger partial charge on any atom is -0.268 e. The van der Waals surface area contributed by atoms with E-state index in [9.17, 15) is 27.2 Å². The molecule has 0 aromatic heterocycles. The number of thioether (sulfide) groups is 1. The van der Waals surface area contributed by atoms with E-state index >= 15 is 0 Å². The number of alkyl halides is 3. The molecule has 0 atom stereocenters. The summed E-state index contributed by atoms with van der Waals surface area (Å²) >= 11 is 1.03. The predicted octanol–water partition coefficient (Wildman–Crippen LogP) is 5.92. The summed E-state index contributed by atoms with van der Waals surface area (Å²) in [5.41, 5.74) is -0.852. The first-order chi connectivity index (χ1) is 14.8. The average Bonchev–Trinajstić information content (AvgIpc) is 2.98. The molecular weight excluding hydrogens is 430 g/mol. The molecule has 3 nitrogen and oxygen atoms in total. The Balaban J connectivity index is 1.81. The first-order valence-electron chi connectivity index (χ1n) is 9.05. The summed E-state index contributed by atoms with van der Waals surface area (Å²) in [5.74, 6) is -2.03. The number of hydrogen-bond donors (Lipinski definition) is 0. The van der Waals surface area contributed by atoms with E-state index in [4.69, 9.17) is 0 Å². The fourth-order valence-corrected chi connectivity index (χ4v) is 4.15. The van der Waals surface area contributed by atoms with Crippen LogP contribution in [0.4, 0.5) is 23.2 Å². The van der Waals surface area contributed by atoms with Gasteiger partial charge >= 0.3 is 6.18 Å². The Labute approximate surface area is 179 Å². The highest BCUT2D eigenvalue weighted by atomic mass is 32.2. The van der Waals surface area contributed by atoms with E-state index in [1.807, 2.05) is 0 Å². The number of halogens is 4. The fourth-order valence-electron chi connectivity index (χ4n) is 3.14. The number of rotatable bonds is 4. The summed E-state index contributed by atoms with van der Waals surface area (Å²) < 4.78 is 52.9. The average molecular weight is 443 g/mol. The maximum Gasteiger partial charge on any atom is 0.416 e. The van der Waals surface area contributed by atoms with E-state index in [0.717, 1.165) is 47.0 Å². The maximum atomic E-state index is 13.4. The zero-order valence-electron chi connectivity index (χ0n) is 15.7. The highest BCUT2D eigenvalue weighted by molar-refractivity contribution is 8.04. The Morgan fingerprint density at radius 1 is 0.774 bits per heavy atom. The molecule has 3 aromatic rings. The number of amides is 2. The van der Waals surface area contributed by atoms with Crippen LogP contribution in [-0.4, -0.2) is 11.8 Å². The van der Waals surface area contributed by atoms with Crippen molar-refractivity contribution in [2.24, 2.45) is 0 Å². The largest absolute Gasteiger partial charge is 0.416 e. The van der Waals surface area contributed by atoms with Crippen molar-refractivity contribution in [2.75, 3.05) is 4.90 Å². The number of nitrogens with zero attached hydrogens (tertiary/aromatic N) is 1. The second-order valence-electron chi connectivity index (χ2n) is 6.62. The summed E-state index contributed by atoms with van der Waals surface area (Å²) in [6.07, 6.45) is -4.63. The van der Waals surface area contributed by atoms with Gasteiger partial charge in [-0.15, -0.1) is 0 Å². The van der Waals surface area contributed by atoms with E-state index in [1.54, 1.807) is 30.3 Å².